The summed E-state index contributed by atoms with van der Waals surface area (Å²) in [7, 11) is 1.68. The zero-order valence-corrected chi connectivity index (χ0v) is 11.4. The lowest BCUT2D eigenvalue weighted by Gasteiger charge is -2.11. The fourth-order valence-electron chi connectivity index (χ4n) is 1.47. The van der Waals surface area contributed by atoms with Crippen LogP contribution in [0.25, 0.3) is 0 Å². The molecule has 0 aromatic carbocycles. The summed E-state index contributed by atoms with van der Waals surface area (Å²) in [5.41, 5.74) is 1.18. The van der Waals surface area contributed by atoms with E-state index in [0.717, 1.165) is 25.6 Å². The van der Waals surface area contributed by atoms with Crippen molar-refractivity contribution in [2.75, 3.05) is 33.4 Å². The van der Waals surface area contributed by atoms with Gasteiger partial charge in [0.15, 0.2) is 5.96 Å². The lowest BCUT2D eigenvalue weighted by Crippen LogP contribution is -2.39. The normalized spacial score (nSPS) is 11.6. The third-order valence-electron chi connectivity index (χ3n) is 2.31. The zero-order chi connectivity index (χ0) is 13.2. The molecule has 0 amide bonds. The predicted molar refractivity (Wildman–Crippen MR) is 72.8 cm³/mol. The van der Waals surface area contributed by atoms with Gasteiger partial charge in [-0.1, -0.05) is 0 Å². The highest BCUT2D eigenvalue weighted by molar-refractivity contribution is 5.79. The monoisotopic (exact) mass is 253 g/mol. The molecule has 1 aromatic heterocycles. The molecule has 0 fully saturated rings. The summed E-state index contributed by atoms with van der Waals surface area (Å²) < 4.78 is 6.89. The number of nitrogens with one attached hydrogen (secondary N) is 2. The van der Waals surface area contributed by atoms with Crippen molar-refractivity contribution in [1.29, 1.82) is 0 Å². The first-order chi connectivity index (χ1) is 8.76. The molecule has 0 spiro atoms. The first-order valence-corrected chi connectivity index (χ1v) is 6.26. The minimum absolute atomic E-state index is 0.634. The van der Waals surface area contributed by atoms with Crippen LogP contribution in [0.5, 0.6) is 0 Å². The molecule has 0 saturated heterocycles. The van der Waals surface area contributed by atoms with Crippen LogP contribution in [-0.4, -0.2) is 49.1 Å². The van der Waals surface area contributed by atoms with Crippen LogP contribution >= 0.6 is 0 Å². The van der Waals surface area contributed by atoms with Crippen molar-refractivity contribution >= 4 is 5.96 Å². The molecule has 2 N–H and O–H groups in total. The molecular weight excluding hydrogens is 230 g/mol. The Kier molecular flexibility index (Phi) is 6.86. The highest BCUT2D eigenvalue weighted by atomic mass is 16.5. The van der Waals surface area contributed by atoms with Crippen LogP contribution in [0, 0.1) is 6.92 Å². The Morgan fingerprint density at radius 1 is 1.50 bits per heavy atom. The van der Waals surface area contributed by atoms with Crippen LogP contribution in [-0.2, 0) is 11.3 Å². The molecule has 1 rings (SSSR count). The maximum absolute atomic E-state index is 4.97. The fraction of sp³-hybridized carbons (Fsp3) is 0.667. The van der Waals surface area contributed by atoms with E-state index < -0.39 is 0 Å². The lowest BCUT2D eigenvalue weighted by atomic mass is 10.4. The molecule has 18 heavy (non-hydrogen) atoms. The van der Waals surface area contributed by atoms with E-state index in [1.165, 1.54) is 5.56 Å². The number of hydrogen-bond acceptors (Lipinski definition) is 3. The summed E-state index contributed by atoms with van der Waals surface area (Å²) in [5, 5.41) is 10.7. The molecule has 1 aromatic rings. The van der Waals surface area contributed by atoms with Gasteiger partial charge in [-0.05, 0) is 19.4 Å². The standard InChI is InChI=1S/C12H23N5O/c1-4-13-12(15-6-8-18-3)14-5-7-17-10-11(2)9-16-17/h9-10H,4-8H2,1-3H3,(H2,13,14,15). The topological polar surface area (TPSA) is 63.5 Å². The van der Waals surface area contributed by atoms with Gasteiger partial charge in [-0.2, -0.15) is 5.10 Å². The largest absolute Gasteiger partial charge is 0.383 e. The molecule has 6 heteroatoms. The van der Waals surface area contributed by atoms with E-state index in [2.05, 4.69) is 20.7 Å². The third-order valence-corrected chi connectivity index (χ3v) is 2.31. The number of rotatable bonds is 7. The molecule has 6 nitrogen and oxygen atoms in total. The van der Waals surface area contributed by atoms with Crippen LogP contribution in [0.2, 0.25) is 0 Å². The summed E-state index contributed by atoms with van der Waals surface area (Å²) in [6.45, 7) is 7.83. The Bertz CT molecular complexity index is 361. The molecule has 0 aliphatic carbocycles. The quantitative estimate of drug-likeness (QED) is 0.419. The molecule has 1 heterocycles. The van der Waals surface area contributed by atoms with Gasteiger partial charge in [0.25, 0.3) is 0 Å². The highest BCUT2D eigenvalue weighted by Crippen LogP contribution is 1.92. The van der Waals surface area contributed by atoms with Gasteiger partial charge in [0.1, 0.15) is 0 Å². The molecule has 0 aliphatic rings. The van der Waals surface area contributed by atoms with Gasteiger partial charge in [-0.15, -0.1) is 0 Å². The lowest BCUT2D eigenvalue weighted by molar-refractivity contribution is 0.208. The van der Waals surface area contributed by atoms with Crippen molar-refractivity contribution in [2.24, 2.45) is 4.99 Å². The maximum atomic E-state index is 4.97. The molecule has 0 radical (unpaired) electrons. The predicted octanol–water partition coefficient (Wildman–Crippen LogP) is 0.393. The summed E-state index contributed by atoms with van der Waals surface area (Å²) >= 11 is 0. The van der Waals surface area contributed by atoms with E-state index in [-0.39, 0.29) is 0 Å². The molecule has 0 aliphatic heterocycles. The number of ether oxygens (including phenoxy) is 1. The highest BCUT2D eigenvalue weighted by Gasteiger charge is 1.97. The fourth-order valence-corrected chi connectivity index (χ4v) is 1.47. The van der Waals surface area contributed by atoms with Crippen molar-refractivity contribution in [1.82, 2.24) is 20.4 Å². The summed E-state index contributed by atoms with van der Waals surface area (Å²) in [4.78, 5) is 4.38. The minimum Gasteiger partial charge on any atom is -0.383 e. The van der Waals surface area contributed by atoms with Crippen molar-refractivity contribution in [2.45, 2.75) is 20.4 Å². The number of nitrogens with zero attached hydrogens (tertiary/aromatic N) is 3. The van der Waals surface area contributed by atoms with Gasteiger partial charge in [0.2, 0.25) is 0 Å². The number of hydrogen-bond donors (Lipinski definition) is 2. The smallest absolute Gasteiger partial charge is 0.191 e. The molecule has 0 bridgehead atoms. The van der Waals surface area contributed by atoms with Crippen molar-refractivity contribution in [3.63, 3.8) is 0 Å². The molecule has 102 valence electrons. The number of aromatic nitrogens is 2. The van der Waals surface area contributed by atoms with E-state index in [0.29, 0.717) is 13.2 Å². The van der Waals surface area contributed by atoms with Crippen LogP contribution < -0.4 is 10.6 Å². The summed E-state index contributed by atoms with van der Waals surface area (Å²) in [6, 6.07) is 0. The molecule has 0 unspecified atom stereocenters. The summed E-state index contributed by atoms with van der Waals surface area (Å²) in [5.74, 6) is 0.818. The molecular formula is C12H23N5O. The first kappa shape index (κ1) is 14.5. The summed E-state index contributed by atoms with van der Waals surface area (Å²) in [6.07, 6.45) is 3.88. The van der Waals surface area contributed by atoms with E-state index in [1.807, 2.05) is 30.9 Å². The van der Waals surface area contributed by atoms with E-state index in [1.54, 1.807) is 7.11 Å². The van der Waals surface area contributed by atoms with Crippen LogP contribution in [0.15, 0.2) is 17.4 Å². The first-order valence-electron chi connectivity index (χ1n) is 6.26. The Morgan fingerprint density at radius 3 is 2.94 bits per heavy atom. The van der Waals surface area contributed by atoms with Gasteiger partial charge in [-0.25, -0.2) is 0 Å². The Morgan fingerprint density at radius 2 is 2.33 bits per heavy atom. The number of guanidine groups is 1. The second-order valence-corrected chi connectivity index (χ2v) is 3.96. The average Bonchev–Trinajstić information content (AvgIpc) is 2.75. The van der Waals surface area contributed by atoms with E-state index in [4.69, 9.17) is 4.74 Å². The zero-order valence-electron chi connectivity index (χ0n) is 11.4. The van der Waals surface area contributed by atoms with Crippen LogP contribution in [0.1, 0.15) is 12.5 Å². The average molecular weight is 253 g/mol. The van der Waals surface area contributed by atoms with Crippen molar-refractivity contribution < 1.29 is 4.74 Å². The van der Waals surface area contributed by atoms with Gasteiger partial charge >= 0.3 is 0 Å². The van der Waals surface area contributed by atoms with Crippen LogP contribution in [0.3, 0.4) is 0 Å². The minimum atomic E-state index is 0.634. The number of aryl methyl sites for hydroxylation is 1. The number of aliphatic imine (C=N–C) groups is 1. The van der Waals surface area contributed by atoms with Gasteiger partial charge in [0.05, 0.1) is 25.9 Å². The second-order valence-electron chi connectivity index (χ2n) is 3.96. The Balaban J connectivity index is 2.30. The van der Waals surface area contributed by atoms with Gasteiger partial charge < -0.3 is 15.4 Å². The van der Waals surface area contributed by atoms with Gasteiger partial charge in [-0.3, -0.25) is 9.67 Å². The van der Waals surface area contributed by atoms with Crippen molar-refractivity contribution in [3.05, 3.63) is 18.0 Å². The van der Waals surface area contributed by atoms with E-state index >= 15 is 0 Å². The SMILES string of the molecule is CCNC(=NCCOC)NCCn1cc(C)cn1. The van der Waals surface area contributed by atoms with Crippen LogP contribution in [0.4, 0.5) is 0 Å². The Hall–Kier alpha value is -1.56. The molecule has 0 atom stereocenters. The van der Waals surface area contributed by atoms with Gasteiger partial charge in [0, 0.05) is 26.4 Å². The third kappa shape index (κ3) is 5.67. The van der Waals surface area contributed by atoms with E-state index in [9.17, 15) is 0 Å². The number of methoxy groups -OCH3 is 1. The Labute approximate surface area is 108 Å². The second kappa shape index (κ2) is 8.52. The maximum Gasteiger partial charge on any atom is 0.191 e. The molecule has 0 saturated carbocycles. The van der Waals surface area contributed by atoms with Crippen molar-refractivity contribution in [3.8, 4) is 0 Å².